The minimum Gasteiger partial charge on any atom is -0.491 e. The van der Waals surface area contributed by atoms with Crippen molar-refractivity contribution in [1.82, 2.24) is 14.3 Å². The normalized spacial score (nSPS) is 12.2. The molecule has 0 saturated carbocycles. The van der Waals surface area contributed by atoms with E-state index in [-0.39, 0.29) is 28.5 Å². The zero-order valence-electron chi connectivity index (χ0n) is 17.0. The first-order valence-corrected chi connectivity index (χ1v) is 10.7. The van der Waals surface area contributed by atoms with Gasteiger partial charge < -0.3 is 15.2 Å². The zero-order valence-corrected chi connectivity index (χ0v) is 17.8. The molecule has 0 amide bonds. The van der Waals surface area contributed by atoms with Crippen molar-refractivity contribution in [3.63, 3.8) is 0 Å². The molecule has 0 aliphatic carbocycles. The summed E-state index contributed by atoms with van der Waals surface area (Å²) in [6.45, 7) is 3.56. The van der Waals surface area contributed by atoms with Crippen molar-refractivity contribution in [3.8, 4) is 17.0 Å². The maximum absolute atomic E-state index is 14.9. The first-order chi connectivity index (χ1) is 14.1. The molecular formula is C21H24FN3O4S. The predicted octanol–water partition coefficient (Wildman–Crippen LogP) is 2.80. The highest BCUT2D eigenvalue weighted by atomic mass is 32.2. The first-order valence-electron chi connectivity index (χ1n) is 9.28. The molecule has 2 N–H and O–H groups in total. The van der Waals surface area contributed by atoms with Gasteiger partial charge in [0.2, 0.25) is 0 Å². The van der Waals surface area contributed by atoms with Crippen LogP contribution in [-0.2, 0) is 16.6 Å². The van der Waals surface area contributed by atoms with Crippen molar-refractivity contribution in [3.05, 3.63) is 66.4 Å². The molecule has 7 nitrogen and oxygen atoms in total. The van der Waals surface area contributed by atoms with E-state index in [0.29, 0.717) is 12.1 Å². The summed E-state index contributed by atoms with van der Waals surface area (Å²) in [6.07, 6.45) is 4.20. The Morgan fingerprint density at radius 1 is 1.27 bits per heavy atom. The van der Waals surface area contributed by atoms with E-state index in [1.165, 1.54) is 48.9 Å². The molecule has 30 heavy (non-hydrogen) atoms. The molecule has 0 radical (unpaired) electrons. The second-order valence-electron chi connectivity index (χ2n) is 7.50. The van der Waals surface area contributed by atoms with E-state index in [2.05, 4.69) is 10.3 Å². The zero-order chi connectivity index (χ0) is 21.9. The lowest BCUT2D eigenvalue weighted by Gasteiger charge is -2.18. The summed E-state index contributed by atoms with van der Waals surface area (Å²) < 4.78 is 47.8. The van der Waals surface area contributed by atoms with Crippen LogP contribution in [0.25, 0.3) is 11.3 Å². The Bertz CT molecular complexity index is 1120. The third kappa shape index (κ3) is 4.86. The molecule has 0 saturated heterocycles. The van der Waals surface area contributed by atoms with Crippen molar-refractivity contribution in [2.24, 2.45) is 0 Å². The topological polar surface area (TPSA) is 93.5 Å². The molecule has 3 rings (SSSR count). The monoisotopic (exact) mass is 433 g/mol. The van der Waals surface area contributed by atoms with Crippen LogP contribution in [0.5, 0.6) is 5.75 Å². The molecule has 160 valence electrons. The molecule has 0 fully saturated rings. The fraction of sp³-hybridized carbons (Fsp3) is 0.286. The number of pyridine rings is 1. The smallest absolute Gasteiger partial charge is 0.269 e. The molecule has 0 unspecified atom stereocenters. The quantitative estimate of drug-likeness (QED) is 0.568. The molecule has 1 aromatic carbocycles. The number of hydrogen-bond donors (Lipinski definition) is 2. The summed E-state index contributed by atoms with van der Waals surface area (Å²) in [5.74, 6) is -0.401. The van der Waals surface area contributed by atoms with Gasteiger partial charge in [0.15, 0.2) is 0 Å². The number of nitrogens with one attached hydrogen (secondary N) is 1. The average molecular weight is 434 g/mol. The summed E-state index contributed by atoms with van der Waals surface area (Å²) in [5, 5.41) is 12.7. The van der Waals surface area contributed by atoms with Crippen LogP contribution >= 0.6 is 0 Å². The van der Waals surface area contributed by atoms with E-state index in [9.17, 15) is 17.9 Å². The molecule has 0 atom stereocenters. The summed E-state index contributed by atoms with van der Waals surface area (Å²) >= 11 is 0. The molecule has 3 aromatic rings. The van der Waals surface area contributed by atoms with Gasteiger partial charge in [0.05, 0.1) is 11.3 Å². The highest BCUT2D eigenvalue weighted by molar-refractivity contribution is 7.90. The summed E-state index contributed by atoms with van der Waals surface area (Å²) in [7, 11) is -2.24. The standard InChI is InChI=1S/C21H24FN3O4S/c1-21(2,26)14-29-16-6-7-18(19(22)10-16)20-9-15(11-23-3)13-25(20)30(27,28)17-5-4-8-24-12-17/h4-10,12-13,23,26H,11,14H2,1-3H3. The van der Waals surface area contributed by atoms with Crippen molar-refractivity contribution in [1.29, 1.82) is 0 Å². The van der Waals surface area contributed by atoms with Crippen LogP contribution in [0.4, 0.5) is 4.39 Å². The Balaban J connectivity index is 2.06. The fourth-order valence-corrected chi connectivity index (χ4v) is 4.22. The van der Waals surface area contributed by atoms with Crippen LogP contribution in [0.15, 0.2) is 59.9 Å². The number of hydrogen-bond acceptors (Lipinski definition) is 6. The molecule has 9 heteroatoms. The predicted molar refractivity (Wildman–Crippen MR) is 111 cm³/mol. The molecule has 2 heterocycles. The Kier molecular flexibility index (Phi) is 6.25. The molecule has 0 spiro atoms. The van der Waals surface area contributed by atoms with Gasteiger partial charge in [-0.15, -0.1) is 0 Å². The number of rotatable bonds is 8. The lowest BCUT2D eigenvalue weighted by molar-refractivity contribution is 0.0284. The fourth-order valence-electron chi connectivity index (χ4n) is 2.86. The van der Waals surface area contributed by atoms with Gasteiger partial charge in [0.1, 0.15) is 23.1 Å². The van der Waals surface area contributed by atoms with Crippen molar-refractivity contribution in [2.45, 2.75) is 30.9 Å². The first kappa shape index (κ1) is 21.9. The van der Waals surface area contributed by atoms with Crippen molar-refractivity contribution >= 4 is 10.0 Å². The van der Waals surface area contributed by atoms with Crippen LogP contribution in [0.1, 0.15) is 19.4 Å². The minimum atomic E-state index is -3.98. The van der Waals surface area contributed by atoms with Gasteiger partial charge in [-0.3, -0.25) is 4.98 Å². The van der Waals surface area contributed by atoms with Gasteiger partial charge in [-0.05, 0) is 56.8 Å². The highest BCUT2D eigenvalue weighted by Crippen LogP contribution is 2.31. The minimum absolute atomic E-state index is 0.00314. The molecular weight excluding hydrogens is 409 g/mol. The third-order valence-corrected chi connectivity index (χ3v) is 5.88. The maximum Gasteiger partial charge on any atom is 0.269 e. The van der Waals surface area contributed by atoms with Crippen LogP contribution in [-0.4, -0.2) is 41.7 Å². The lowest BCUT2D eigenvalue weighted by atomic mass is 10.1. The van der Waals surface area contributed by atoms with Crippen molar-refractivity contribution < 1.29 is 22.7 Å². The van der Waals surface area contributed by atoms with Gasteiger partial charge in [-0.25, -0.2) is 16.8 Å². The van der Waals surface area contributed by atoms with Gasteiger partial charge >= 0.3 is 0 Å². The molecule has 0 bridgehead atoms. The Morgan fingerprint density at radius 3 is 2.63 bits per heavy atom. The summed E-state index contributed by atoms with van der Waals surface area (Å²) in [5.41, 5.74) is -0.0817. The number of nitrogens with zero attached hydrogens (tertiary/aromatic N) is 2. The van der Waals surface area contributed by atoms with Crippen LogP contribution < -0.4 is 10.1 Å². The number of benzene rings is 1. The summed E-state index contributed by atoms with van der Waals surface area (Å²) in [6, 6.07) is 8.76. The number of ether oxygens (including phenoxy) is 1. The summed E-state index contributed by atoms with van der Waals surface area (Å²) in [4.78, 5) is 3.88. The van der Waals surface area contributed by atoms with Crippen LogP contribution in [0.3, 0.4) is 0 Å². The van der Waals surface area contributed by atoms with E-state index in [4.69, 9.17) is 4.74 Å². The average Bonchev–Trinajstić information content (AvgIpc) is 3.11. The van der Waals surface area contributed by atoms with E-state index in [1.54, 1.807) is 27.0 Å². The van der Waals surface area contributed by atoms with Gasteiger partial charge in [0, 0.05) is 36.8 Å². The Hall–Kier alpha value is -2.75. The SMILES string of the molecule is CNCc1cc(-c2ccc(OCC(C)(C)O)cc2F)n(S(=O)(=O)c2cccnc2)c1. The highest BCUT2D eigenvalue weighted by Gasteiger charge is 2.24. The Labute approximate surface area is 175 Å². The largest absolute Gasteiger partial charge is 0.491 e. The number of halogens is 1. The van der Waals surface area contributed by atoms with Gasteiger partial charge in [-0.2, -0.15) is 0 Å². The van der Waals surface area contributed by atoms with Gasteiger partial charge in [0.25, 0.3) is 10.0 Å². The molecule has 0 aliphatic rings. The number of aliphatic hydroxyl groups is 1. The van der Waals surface area contributed by atoms with E-state index >= 15 is 0 Å². The van der Waals surface area contributed by atoms with E-state index in [1.807, 2.05) is 0 Å². The Morgan fingerprint density at radius 2 is 2.03 bits per heavy atom. The molecule has 2 aromatic heterocycles. The lowest BCUT2D eigenvalue weighted by Crippen LogP contribution is -2.27. The van der Waals surface area contributed by atoms with Crippen molar-refractivity contribution in [2.75, 3.05) is 13.7 Å². The number of aromatic nitrogens is 2. The van der Waals surface area contributed by atoms with E-state index < -0.39 is 21.4 Å². The van der Waals surface area contributed by atoms with Crippen LogP contribution in [0.2, 0.25) is 0 Å². The maximum atomic E-state index is 14.9. The van der Waals surface area contributed by atoms with Gasteiger partial charge in [-0.1, -0.05) is 0 Å². The second kappa shape index (κ2) is 8.55. The van der Waals surface area contributed by atoms with E-state index in [0.717, 1.165) is 3.97 Å². The van der Waals surface area contributed by atoms with Crippen LogP contribution in [0, 0.1) is 5.82 Å². The third-order valence-electron chi connectivity index (χ3n) is 4.22. The molecule has 0 aliphatic heterocycles. The second-order valence-corrected chi connectivity index (χ2v) is 9.31.